The van der Waals surface area contributed by atoms with Crippen LogP contribution in [0.5, 0.6) is 0 Å². The summed E-state index contributed by atoms with van der Waals surface area (Å²) < 4.78 is 35.4. The number of unbranched alkanes of at least 4 members (excludes halogenated alkanes) is 12. The van der Waals surface area contributed by atoms with Crippen LogP contribution < -0.4 is 0 Å². The van der Waals surface area contributed by atoms with Crippen molar-refractivity contribution in [2.45, 2.75) is 160 Å². The van der Waals surface area contributed by atoms with Crippen LogP contribution >= 0.6 is 15.2 Å². The van der Waals surface area contributed by atoms with Gasteiger partial charge in [-0.2, -0.15) is 0 Å². The molecule has 0 saturated heterocycles. The maximum Gasteiger partial charge on any atom is 0.340 e. The lowest BCUT2D eigenvalue weighted by Crippen LogP contribution is -2.27. The molecule has 50 heavy (non-hydrogen) atoms. The second kappa shape index (κ2) is 34.7. The summed E-state index contributed by atoms with van der Waals surface area (Å²) in [7, 11) is -10.1. The molecule has 0 radical (unpaired) electrons. The van der Waals surface area contributed by atoms with Crippen LogP contribution in [0, 0.1) is 0 Å². The van der Waals surface area contributed by atoms with Crippen molar-refractivity contribution in [3.05, 3.63) is 72.9 Å². The van der Waals surface area contributed by atoms with E-state index < -0.39 is 33.1 Å². The molecule has 0 rings (SSSR count). The van der Waals surface area contributed by atoms with Gasteiger partial charge >= 0.3 is 15.2 Å². The molecule has 0 aliphatic carbocycles. The molecule has 0 fully saturated rings. The molecule has 1 unspecified atom stereocenters. The Hall–Kier alpha value is -1.34. The van der Waals surface area contributed by atoms with Crippen LogP contribution in [-0.2, 0) is 18.6 Å². The lowest BCUT2D eigenvalue weighted by atomic mass is 10.1. The molecular formula is C40H72O8P2. The molecule has 0 saturated carbocycles. The van der Waals surface area contributed by atoms with Gasteiger partial charge in [-0.3, -0.25) is 9.13 Å². The number of allylic oxidation sites excluding steroid dienone is 12. The molecule has 0 aromatic heterocycles. The summed E-state index contributed by atoms with van der Waals surface area (Å²) in [6.45, 7) is 5.16. The van der Waals surface area contributed by atoms with E-state index in [0.717, 1.165) is 103 Å². The summed E-state index contributed by atoms with van der Waals surface area (Å²) in [6, 6.07) is 0. The first-order valence-electron chi connectivity index (χ1n) is 19.3. The third-order valence-corrected chi connectivity index (χ3v) is 11.9. The Morgan fingerprint density at radius 1 is 0.480 bits per heavy atom. The highest BCUT2D eigenvalue weighted by Crippen LogP contribution is 2.61. The van der Waals surface area contributed by atoms with E-state index >= 15 is 0 Å². The normalized spacial score (nSPS) is 14.1. The van der Waals surface area contributed by atoms with Crippen molar-refractivity contribution in [3.63, 3.8) is 0 Å². The van der Waals surface area contributed by atoms with Gasteiger partial charge in [0.15, 0.2) is 5.40 Å². The predicted octanol–water partition coefficient (Wildman–Crippen LogP) is 11.6. The maximum atomic E-state index is 11.9. The Morgan fingerprint density at radius 2 is 0.840 bits per heavy atom. The van der Waals surface area contributed by atoms with E-state index in [2.05, 4.69) is 86.8 Å². The van der Waals surface area contributed by atoms with Crippen molar-refractivity contribution in [2.24, 2.45) is 0 Å². The lowest BCUT2D eigenvalue weighted by Gasteiger charge is -2.25. The predicted molar refractivity (Wildman–Crippen MR) is 212 cm³/mol. The van der Waals surface area contributed by atoms with Crippen molar-refractivity contribution in [1.82, 2.24) is 0 Å². The molecule has 0 aromatic rings. The van der Waals surface area contributed by atoms with E-state index in [1.54, 1.807) is 0 Å². The van der Waals surface area contributed by atoms with Gasteiger partial charge in [0.2, 0.25) is 0 Å². The zero-order valence-corrected chi connectivity index (χ0v) is 33.2. The van der Waals surface area contributed by atoms with Gasteiger partial charge in [0.1, 0.15) is 0 Å². The molecule has 0 bridgehead atoms. The summed E-state index contributed by atoms with van der Waals surface area (Å²) in [4.78, 5) is 38.5. The maximum absolute atomic E-state index is 11.9. The van der Waals surface area contributed by atoms with E-state index in [0.29, 0.717) is 13.2 Å². The number of hydrogen-bond donors (Lipinski definition) is 4. The van der Waals surface area contributed by atoms with Crippen LogP contribution in [0.4, 0.5) is 0 Å². The smallest absolute Gasteiger partial charge is 0.340 e. The topological polar surface area (TPSA) is 134 Å². The minimum Gasteiger partial charge on any atom is -0.379 e. The van der Waals surface area contributed by atoms with Gasteiger partial charge in [-0.05, 0) is 77.0 Å². The van der Waals surface area contributed by atoms with Crippen molar-refractivity contribution in [3.8, 4) is 0 Å². The van der Waals surface area contributed by atoms with Crippen LogP contribution in [0.3, 0.4) is 0 Å². The van der Waals surface area contributed by atoms with Gasteiger partial charge in [-0.25, -0.2) is 0 Å². The largest absolute Gasteiger partial charge is 0.379 e. The van der Waals surface area contributed by atoms with Crippen molar-refractivity contribution >= 4 is 15.2 Å². The van der Waals surface area contributed by atoms with E-state index in [1.165, 1.54) is 25.7 Å². The highest BCUT2D eigenvalue weighted by molar-refractivity contribution is 7.70. The summed E-state index contributed by atoms with van der Waals surface area (Å²) >= 11 is 0. The zero-order valence-electron chi connectivity index (χ0n) is 31.4. The Labute approximate surface area is 305 Å². The first kappa shape index (κ1) is 48.7. The molecule has 0 amide bonds. The quantitative estimate of drug-likeness (QED) is 0.0286. The summed E-state index contributed by atoms with van der Waals surface area (Å²) in [5.74, 6) is 0. The van der Waals surface area contributed by atoms with E-state index in [9.17, 15) is 28.7 Å². The van der Waals surface area contributed by atoms with Crippen LogP contribution in [0.15, 0.2) is 72.9 Å². The van der Waals surface area contributed by atoms with Gasteiger partial charge < -0.3 is 29.0 Å². The molecule has 4 N–H and O–H groups in total. The van der Waals surface area contributed by atoms with E-state index in [4.69, 9.17) is 9.47 Å². The van der Waals surface area contributed by atoms with Crippen LogP contribution in [-0.4, -0.2) is 50.9 Å². The third kappa shape index (κ3) is 33.8. The van der Waals surface area contributed by atoms with Gasteiger partial charge in [0.05, 0.1) is 12.7 Å². The second-order valence-electron chi connectivity index (χ2n) is 12.9. The molecular weight excluding hydrogens is 670 g/mol. The van der Waals surface area contributed by atoms with Gasteiger partial charge in [-0.15, -0.1) is 0 Å². The first-order chi connectivity index (χ1) is 24.1. The summed E-state index contributed by atoms with van der Waals surface area (Å²) in [6.07, 6.45) is 46.4. The highest BCUT2D eigenvalue weighted by atomic mass is 31.2. The second-order valence-corrected chi connectivity index (χ2v) is 16.9. The first-order valence-corrected chi connectivity index (χ1v) is 22.7. The fourth-order valence-corrected chi connectivity index (χ4v) is 7.84. The summed E-state index contributed by atoms with van der Waals surface area (Å²) in [5.41, 5.74) is 0. The van der Waals surface area contributed by atoms with Crippen molar-refractivity contribution < 1.29 is 38.2 Å². The minimum absolute atomic E-state index is 0.0483. The molecule has 0 aliphatic heterocycles. The van der Waals surface area contributed by atoms with Crippen molar-refractivity contribution in [2.75, 3.05) is 19.8 Å². The SMILES string of the molecule is CCC=CCC=CCC=CCCCCCCCCOCC(CC(P(=O)(O)O)P(=O)(O)O)OCCCCCCCCC=CCC=CCC=CCC. The Balaban J connectivity index is 4.21. The van der Waals surface area contributed by atoms with Crippen LogP contribution in [0.2, 0.25) is 0 Å². The number of ether oxygens (including phenoxy) is 2. The average molecular weight is 743 g/mol. The molecule has 1 atom stereocenters. The molecule has 10 heteroatoms. The Bertz CT molecular complexity index is 1020. The van der Waals surface area contributed by atoms with Crippen LogP contribution in [0.25, 0.3) is 0 Å². The fourth-order valence-electron chi connectivity index (χ4n) is 5.25. The van der Waals surface area contributed by atoms with Crippen molar-refractivity contribution in [1.29, 1.82) is 0 Å². The molecule has 0 heterocycles. The third-order valence-electron chi connectivity index (χ3n) is 8.14. The monoisotopic (exact) mass is 742 g/mol. The van der Waals surface area contributed by atoms with Gasteiger partial charge in [0.25, 0.3) is 0 Å². The molecule has 0 aliphatic rings. The van der Waals surface area contributed by atoms with E-state index in [-0.39, 0.29) is 6.61 Å². The van der Waals surface area contributed by atoms with E-state index in [1.807, 2.05) is 0 Å². The Morgan fingerprint density at radius 3 is 1.26 bits per heavy atom. The molecule has 0 aromatic carbocycles. The minimum atomic E-state index is -5.03. The van der Waals surface area contributed by atoms with Gasteiger partial charge in [-0.1, -0.05) is 138 Å². The molecule has 290 valence electrons. The number of rotatable bonds is 35. The van der Waals surface area contributed by atoms with Gasteiger partial charge in [0, 0.05) is 19.6 Å². The standard InChI is InChI=1S/C40H72O8P2/c1-3-5-7-9-11-13-15-17-19-21-23-25-27-29-31-33-35-47-38-39(37-40(49(41,42)43)50(44,45)46)48-36-34-32-30-28-26-24-22-20-18-16-14-12-10-8-6-4-2/h5-8,11-14,17-20,39-40H,3-4,9-10,15-16,21-38H2,1-2H3,(H2,41,42,43)(H2,44,45,46). The highest BCUT2D eigenvalue weighted by Gasteiger charge is 2.44. The number of hydrogen-bond acceptors (Lipinski definition) is 4. The Kier molecular flexibility index (Phi) is 33.8. The summed E-state index contributed by atoms with van der Waals surface area (Å²) in [5, 5.41) is -2.09. The molecule has 8 nitrogen and oxygen atoms in total. The van der Waals surface area contributed by atoms with Crippen LogP contribution in [0.1, 0.15) is 149 Å². The molecule has 0 spiro atoms. The zero-order chi connectivity index (χ0) is 37.0. The lowest BCUT2D eigenvalue weighted by molar-refractivity contribution is -0.0218. The fraction of sp³-hybridized carbons (Fsp3) is 0.700. The average Bonchev–Trinajstić information content (AvgIpc) is 3.06.